The van der Waals surface area contributed by atoms with Gasteiger partial charge in [-0.1, -0.05) is 6.07 Å². The fourth-order valence-electron chi connectivity index (χ4n) is 2.65. The Labute approximate surface area is 142 Å². The Kier molecular flexibility index (Phi) is 5.30. The van der Waals surface area contributed by atoms with Crippen LogP contribution in [0, 0.1) is 0 Å². The van der Waals surface area contributed by atoms with Crippen LogP contribution in [0.5, 0.6) is 0 Å². The molecule has 1 aliphatic rings. The van der Waals surface area contributed by atoms with Crippen molar-refractivity contribution in [2.24, 2.45) is 0 Å². The SMILES string of the molecule is Cl.Nc1ccc2c(c1)CCCC2NC(=O)c1cc(Br)cs1. The normalized spacial score (nSPS) is 16.7. The van der Waals surface area contributed by atoms with Crippen LogP contribution in [-0.4, -0.2) is 5.91 Å². The van der Waals surface area contributed by atoms with Crippen LogP contribution in [0.25, 0.3) is 0 Å². The third-order valence-corrected chi connectivity index (χ3v) is 5.27. The van der Waals surface area contributed by atoms with Crippen molar-refractivity contribution >= 4 is 51.3 Å². The lowest BCUT2D eigenvalue weighted by molar-refractivity contribution is 0.0937. The van der Waals surface area contributed by atoms with Crippen molar-refractivity contribution in [3.8, 4) is 0 Å². The highest BCUT2D eigenvalue weighted by Gasteiger charge is 2.22. The number of amides is 1. The third kappa shape index (κ3) is 3.59. The van der Waals surface area contributed by atoms with Crippen molar-refractivity contribution in [2.75, 3.05) is 5.73 Å². The molecule has 6 heteroatoms. The fourth-order valence-corrected chi connectivity index (χ4v) is 3.98. The van der Waals surface area contributed by atoms with Gasteiger partial charge in [0.1, 0.15) is 0 Å². The minimum atomic E-state index is -0.00428. The molecule has 1 amide bonds. The van der Waals surface area contributed by atoms with E-state index in [2.05, 4.69) is 21.2 Å². The number of fused-ring (bicyclic) bond motifs is 1. The summed E-state index contributed by atoms with van der Waals surface area (Å²) < 4.78 is 0.949. The summed E-state index contributed by atoms with van der Waals surface area (Å²) in [6, 6.07) is 7.92. The number of nitrogens with one attached hydrogen (secondary N) is 1. The predicted molar refractivity (Wildman–Crippen MR) is 93.3 cm³/mol. The fraction of sp³-hybridized carbons (Fsp3) is 0.267. The average molecular weight is 388 g/mol. The highest BCUT2D eigenvalue weighted by molar-refractivity contribution is 9.10. The molecule has 21 heavy (non-hydrogen) atoms. The Morgan fingerprint density at radius 1 is 1.38 bits per heavy atom. The van der Waals surface area contributed by atoms with Gasteiger partial charge in [-0.25, -0.2) is 0 Å². The Morgan fingerprint density at radius 2 is 2.19 bits per heavy atom. The lowest BCUT2D eigenvalue weighted by atomic mass is 9.87. The number of carbonyl (C=O) groups is 1. The molecule has 3 N–H and O–H groups in total. The molecule has 0 saturated carbocycles. The first-order valence-corrected chi connectivity index (χ1v) is 8.24. The first kappa shape index (κ1) is 16.3. The molecule has 0 bridgehead atoms. The summed E-state index contributed by atoms with van der Waals surface area (Å²) in [7, 11) is 0. The molecular formula is C15H16BrClN2OS. The van der Waals surface area contributed by atoms with Gasteiger partial charge in [0.25, 0.3) is 5.91 Å². The Hall–Kier alpha value is -1.04. The van der Waals surface area contributed by atoms with E-state index in [1.54, 1.807) is 0 Å². The van der Waals surface area contributed by atoms with E-state index in [0.717, 1.165) is 34.3 Å². The van der Waals surface area contributed by atoms with Crippen molar-refractivity contribution in [1.29, 1.82) is 0 Å². The zero-order chi connectivity index (χ0) is 14.1. The van der Waals surface area contributed by atoms with Gasteiger partial charge >= 0.3 is 0 Å². The Morgan fingerprint density at radius 3 is 2.90 bits per heavy atom. The Bertz CT molecular complexity index is 659. The van der Waals surface area contributed by atoms with Crippen LogP contribution in [-0.2, 0) is 6.42 Å². The Balaban J connectivity index is 0.00000161. The summed E-state index contributed by atoms with van der Waals surface area (Å²) in [5.74, 6) is -0.00428. The first-order chi connectivity index (χ1) is 9.63. The molecular weight excluding hydrogens is 372 g/mol. The quantitative estimate of drug-likeness (QED) is 0.754. The molecule has 0 aliphatic heterocycles. The predicted octanol–water partition coefficient (Wildman–Crippen LogP) is 4.32. The maximum atomic E-state index is 12.3. The van der Waals surface area contributed by atoms with Crippen molar-refractivity contribution in [1.82, 2.24) is 5.32 Å². The summed E-state index contributed by atoms with van der Waals surface area (Å²) >= 11 is 4.83. The molecule has 3 nitrogen and oxygen atoms in total. The standard InChI is InChI=1S/C15H15BrN2OS.ClH/c16-10-7-14(20-8-10)15(19)18-13-3-1-2-9-6-11(17)4-5-12(9)13;/h4-8,13H,1-3,17H2,(H,18,19);1H. The van der Waals surface area contributed by atoms with Crippen LogP contribution in [0.1, 0.15) is 39.7 Å². The second-order valence-corrected chi connectivity index (χ2v) is 6.83. The van der Waals surface area contributed by atoms with Gasteiger partial charge in [-0.15, -0.1) is 23.7 Å². The third-order valence-electron chi connectivity index (χ3n) is 3.58. The molecule has 1 aromatic carbocycles. The molecule has 1 unspecified atom stereocenters. The zero-order valence-electron chi connectivity index (χ0n) is 11.3. The topological polar surface area (TPSA) is 55.1 Å². The number of benzene rings is 1. The number of anilines is 1. The average Bonchev–Trinajstić information content (AvgIpc) is 2.85. The number of nitrogen functional groups attached to an aromatic ring is 1. The van der Waals surface area contributed by atoms with Gasteiger partial charge in [-0.05, 0) is 64.5 Å². The van der Waals surface area contributed by atoms with Gasteiger partial charge in [-0.3, -0.25) is 4.79 Å². The molecule has 1 heterocycles. The summed E-state index contributed by atoms with van der Waals surface area (Å²) in [5.41, 5.74) is 9.08. The maximum Gasteiger partial charge on any atom is 0.261 e. The maximum absolute atomic E-state index is 12.3. The molecule has 1 aromatic heterocycles. The van der Waals surface area contributed by atoms with Gasteiger partial charge in [0.15, 0.2) is 0 Å². The van der Waals surface area contributed by atoms with Gasteiger partial charge in [0.2, 0.25) is 0 Å². The number of hydrogen-bond donors (Lipinski definition) is 2. The van der Waals surface area contributed by atoms with Gasteiger partial charge in [0, 0.05) is 15.5 Å². The molecule has 0 spiro atoms. The van der Waals surface area contributed by atoms with Crippen molar-refractivity contribution in [2.45, 2.75) is 25.3 Å². The highest BCUT2D eigenvalue weighted by atomic mass is 79.9. The molecule has 0 fully saturated rings. The van der Waals surface area contributed by atoms with Gasteiger partial charge < -0.3 is 11.1 Å². The molecule has 0 saturated heterocycles. The molecule has 0 radical (unpaired) electrons. The minimum absolute atomic E-state index is 0. The van der Waals surface area contributed by atoms with E-state index in [1.165, 1.54) is 22.5 Å². The lowest BCUT2D eigenvalue weighted by Gasteiger charge is -2.26. The number of carbonyl (C=O) groups excluding carboxylic acids is 1. The van der Waals surface area contributed by atoms with Crippen molar-refractivity contribution in [3.05, 3.63) is 50.1 Å². The van der Waals surface area contributed by atoms with E-state index in [9.17, 15) is 4.79 Å². The van der Waals surface area contributed by atoms with Crippen LogP contribution in [0.15, 0.2) is 34.1 Å². The molecule has 112 valence electrons. The highest BCUT2D eigenvalue weighted by Crippen LogP contribution is 2.31. The number of rotatable bonds is 2. The molecule has 2 aromatic rings. The minimum Gasteiger partial charge on any atom is -0.399 e. The van der Waals surface area contributed by atoms with Crippen molar-refractivity contribution < 1.29 is 4.79 Å². The van der Waals surface area contributed by atoms with E-state index in [0.29, 0.717) is 0 Å². The summed E-state index contributed by atoms with van der Waals surface area (Å²) in [5, 5.41) is 5.06. The molecule has 3 rings (SSSR count). The summed E-state index contributed by atoms with van der Waals surface area (Å²) in [6.07, 6.45) is 3.10. The van der Waals surface area contributed by atoms with Crippen LogP contribution in [0.3, 0.4) is 0 Å². The van der Waals surface area contributed by atoms with E-state index < -0.39 is 0 Å². The molecule has 1 atom stereocenters. The van der Waals surface area contributed by atoms with Gasteiger partial charge in [0.05, 0.1) is 10.9 Å². The number of nitrogens with two attached hydrogens (primary N) is 1. The van der Waals surface area contributed by atoms with Gasteiger partial charge in [-0.2, -0.15) is 0 Å². The number of hydrogen-bond acceptors (Lipinski definition) is 3. The van der Waals surface area contributed by atoms with E-state index in [4.69, 9.17) is 5.73 Å². The first-order valence-electron chi connectivity index (χ1n) is 6.56. The lowest BCUT2D eigenvalue weighted by Crippen LogP contribution is -2.30. The number of halogens is 2. The smallest absolute Gasteiger partial charge is 0.261 e. The van der Waals surface area contributed by atoms with Crippen LogP contribution in [0.4, 0.5) is 5.69 Å². The van der Waals surface area contributed by atoms with E-state index in [1.807, 2.05) is 29.6 Å². The van der Waals surface area contributed by atoms with E-state index in [-0.39, 0.29) is 24.4 Å². The van der Waals surface area contributed by atoms with Crippen LogP contribution < -0.4 is 11.1 Å². The van der Waals surface area contributed by atoms with Crippen LogP contribution >= 0.6 is 39.7 Å². The summed E-state index contributed by atoms with van der Waals surface area (Å²) in [6.45, 7) is 0. The number of aryl methyl sites for hydroxylation is 1. The second kappa shape index (κ2) is 6.81. The summed E-state index contributed by atoms with van der Waals surface area (Å²) in [4.78, 5) is 13.0. The number of thiophene rings is 1. The molecule has 1 aliphatic carbocycles. The van der Waals surface area contributed by atoms with Crippen molar-refractivity contribution in [3.63, 3.8) is 0 Å². The zero-order valence-corrected chi connectivity index (χ0v) is 14.5. The second-order valence-electron chi connectivity index (χ2n) is 5.01. The largest absolute Gasteiger partial charge is 0.399 e. The monoisotopic (exact) mass is 386 g/mol. The van der Waals surface area contributed by atoms with E-state index >= 15 is 0 Å². The van der Waals surface area contributed by atoms with Crippen LogP contribution in [0.2, 0.25) is 0 Å².